The molecular weight excluding hydrogens is 847 g/mol. The number of hydrogen-bond acceptors (Lipinski definition) is 3. The molecule has 0 bridgehead atoms. The summed E-state index contributed by atoms with van der Waals surface area (Å²) in [6, 6.07) is 66.5. The SMILES string of the molecule is C/C=C\C(=C/C)c1cc[c-]c(-c2ccccn2)c1.[Ir+3].[c-]1ccc(-c2ccccc2)cc1-c1ccccn1.[c-]1ccc(-c2ccccc2)cc1-c1ccccn1. The van der Waals surface area contributed by atoms with Gasteiger partial charge in [0.25, 0.3) is 0 Å². The molecule has 0 aliphatic heterocycles. The summed E-state index contributed by atoms with van der Waals surface area (Å²) in [7, 11) is 0. The van der Waals surface area contributed by atoms with E-state index in [0.29, 0.717) is 0 Å². The minimum absolute atomic E-state index is 0. The van der Waals surface area contributed by atoms with Crippen molar-refractivity contribution in [1.29, 1.82) is 0 Å². The second-order valence-electron chi connectivity index (χ2n) is 12.1. The maximum atomic E-state index is 4.35. The molecular formula is C51H40IrN3. The zero-order chi connectivity index (χ0) is 37.2. The summed E-state index contributed by atoms with van der Waals surface area (Å²) in [5, 5.41) is 0. The largest absolute Gasteiger partial charge is 3.00 e. The van der Waals surface area contributed by atoms with E-state index in [1.54, 1.807) is 18.6 Å². The van der Waals surface area contributed by atoms with E-state index in [9.17, 15) is 0 Å². The number of hydrogen-bond donors (Lipinski definition) is 0. The van der Waals surface area contributed by atoms with E-state index in [2.05, 4.69) is 106 Å². The zero-order valence-electron chi connectivity index (χ0n) is 30.8. The molecule has 3 heterocycles. The van der Waals surface area contributed by atoms with Crippen LogP contribution in [0.5, 0.6) is 0 Å². The maximum absolute atomic E-state index is 4.35. The van der Waals surface area contributed by atoms with Crippen molar-refractivity contribution in [3.05, 3.63) is 230 Å². The zero-order valence-corrected chi connectivity index (χ0v) is 33.2. The van der Waals surface area contributed by atoms with Crippen LogP contribution >= 0.6 is 0 Å². The Morgan fingerprint density at radius 1 is 0.436 bits per heavy atom. The molecule has 3 nitrogen and oxygen atoms in total. The monoisotopic (exact) mass is 887 g/mol. The predicted molar refractivity (Wildman–Crippen MR) is 225 cm³/mol. The third-order valence-electron chi connectivity index (χ3n) is 8.43. The molecule has 55 heavy (non-hydrogen) atoms. The van der Waals surface area contributed by atoms with Crippen LogP contribution in [0.3, 0.4) is 0 Å². The van der Waals surface area contributed by atoms with Crippen molar-refractivity contribution in [2.45, 2.75) is 13.8 Å². The molecule has 0 saturated heterocycles. The maximum Gasteiger partial charge on any atom is 3.00 e. The molecule has 0 aliphatic carbocycles. The Kier molecular flexibility index (Phi) is 15.5. The van der Waals surface area contributed by atoms with Gasteiger partial charge >= 0.3 is 20.1 Å². The Morgan fingerprint density at radius 3 is 1.22 bits per heavy atom. The standard InChI is InChI=1S/2C17H12N.C17H16N.Ir/c2*1-2-7-14(8-3-1)15-9-6-10-16(13-15)17-11-4-5-12-18-17;1-3-8-14(4-2)15-9-7-10-16(13-15)17-11-5-6-12-18-17;/h2*1-9,11-13H;3-9,11-13H,1-2H3;/q3*-1;+3/b;;8-3-,14-4+;. The Labute approximate surface area is 339 Å². The average molecular weight is 887 g/mol. The third-order valence-corrected chi connectivity index (χ3v) is 8.43. The number of pyridine rings is 3. The molecule has 0 aliphatic rings. The summed E-state index contributed by atoms with van der Waals surface area (Å²) < 4.78 is 0. The van der Waals surface area contributed by atoms with E-state index in [-0.39, 0.29) is 20.1 Å². The summed E-state index contributed by atoms with van der Waals surface area (Å²) in [6.07, 6.45) is 11.7. The molecule has 3 aromatic heterocycles. The smallest absolute Gasteiger partial charge is 0.305 e. The van der Waals surface area contributed by atoms with Crippen molar-refractivity contribution in [2.24, 2.45) is 0 Å². The molecule has 0 fully saturated rings. The van der Waals surface area contributed by atoms with E-state index in [4.69, 9.17) is 0 Å². The number of rotatable bonds is 7. The van der Waals surface area contributed by atoms with Crippen LogP contribution in [0.2, 0.25) is 0 Å². The molecule has 8 rings (SSSR count). The van der Waals surface area contributed by atoms with Crippen LogP contribution in [-0.4, -0.2) is 15.0 Å². The Bertz CT molecular complexity index is 2150. The average Bonchev–Trinajstić information content (AvgIpc) is 3.28. The van der Waals surface area contributed by atoms with Crippen molar-refractivity contribution < 1.29 is 20.1 Å². The first-order valence-corrected chi connectivity index (χ1v) is 17.9. The number of benzene rings is 5. The van der Waals surface area contributed by atoms with Crippen molar-refractivity contribution >= 4 is 5.57 Å². The molecule has 5 aromatic carbocycles. The second-order valence-corrected chi connectivity index (χ2v) is 12.1. The van der Waals surface area contributed by atoms with E-state index >= 15 is 0 Å². The van der Waals surface area contributed by atoms with Gasteiger partial charge in [-0.15, -0.1) is 106 Å². The van der Waals surface area contributed by atoms with Gasteiger partial charge in [-0.25, -0.2) is 0 Å². The number of aromatic nitrogens is 3. The first kappa shape index (κ1) is 39.9. The van der Waals surface area contributed by atoms with Crippen LogP contribution in [0.25, 0.3) is 61.6 Å². The third kappa shape index (κ3) is 11.6. The van der Waals surface area contributed by atoms with Crippen LogP contribution in [0, 0.1) is 18.2 Å². The van der Waals surface area contributed by atoms with Gasteiger partial charge in [0, 0.05) is 18.6 Å². The Hall–Kier alpha value is -6.32. The van der Waals surface area contributed by atoms with Gasteiger partial charge in [0.05, 0.1) is 0 Å². The van der Waals surface area contributed by atoms with Gasteiger partial charge in [0.1, 0.15) is 0 Å². The van der Waals surface area contributed by atoms with Crippen LogP contribution in [0.15, 0.2) is 207 Å². The van der Waals surface area contributed by atoms with Crippen molar-refractivity contribution in [2.75, 3.05) is 0 Å². The van der Waals surface area contributed by atoms with E-state index in [1.807, 2.05) is 129 Å². The van der Waals surface area contributed by atoms with Crippen LogP contribution in [-0.2, 0) is 20.1 Å². The molecule has 4 heteroatoms. The topological polar surface area (TPSA) is 38.7 Å². The summed E-state index contributed by atoms with van der Waals surface area (Å²) in [6.45, 7) is 4.07. The number of allylic oxidation sites excluding steroid dienone is 4. The summed E-state index contributed by atoms with van der Waals surface area (Å²) in [5.41, 5.74) is 13.1. The number of nitrogens with zero attached hydrogens (tertiary/aromatic N) is 3. The molecule has 0 radical (unpaired) electrons. The quantitative estimate of drug-likeness (QED) is 0.118. The summed E-state index contributed by atoms with van der Waals surface area (Å²) in [4.78, 5) is 13.1. The molecule has 268 valence electrons. The molecule has 0 amide bonds. The minimum atomic E-state index is 0. The van der Waals surface area contributed by atoms with E-state index in [1.165, 1.54) is 33.4 Å². The molecule has 8 aromatic rings. The van der Waals surface area contributed by atoms with Gasteiger partial charge in [0.15, 0.2) is 0 Å². The normalized spacial score (nSPS) is 10.6. The molecule has 0 atom stereocenters. The summed E-state index contributed by atoms with van der Waals surface area (Å²) in [5.74, 6) is 0. The van der Waals surface area contributed by atoms with Crippen molar-refractivity contribution in [3.8, 4) is 56.0 Å². The predicted octanol–water partition coefficient (Wildman–Crippen LogP) is 13.0. The van der Waals surface area contributed by atoms with Crippen LogP contribution in [0.1, 0.15) is 19.4 Å². The van der Waals surface area contributed by atoms with Crippen molar-refractivity contribution in [1.82, 2.24) is 15.0 Å². The Morgan fingerprint density at radius 2 is 0.836 bits per heavy atom. The van der Waals surface area contributed by atoms with Gasteiger partial charge in [-0.05, 0) is 65.8 Å². The molecule has 0 unspecified atom stereocenters. The molecule has 0 saturated carbocycles. The van der Waals surface area contributed by atoms with Gasteiger partial charge < -0.3 is 15.0 Å². The first-order chi connectivity index (χ1) is 26.7. The summed E-state index contributed by atoms with van der Waals surface area (Å²) >= 11 is 0. The fourth-order valence-electron chi connectivity index (χ4n) is 5.75. The first-order valence-electron chi connectivity index (χ1n) is 17.9. The van der Waals surface area contributed by atoms with Gasteiger partial charge in [-0.3, -0.25) is 0 Å². The van der Waals surface area contributed by atoms with E-state index < -0.39 is 0 Å². The van der Waals surface area contributed by atoms with Gasteiger partial charge in [0.2, 0.25) is 0 Å². The second kappa shape index (κ2) is 21.4. The fourth-order valence-corrected chi connectivity index (χ4v) is 5.75. The Balaban J connectivity index is 0.000000157. The van der Waals surface area contributed by atoms with Crippen LogP contribution in [0.4, 0.5) is 0 Å². The minimum Gasteiger partial charge on any atom is -0.305 e. The van der Waals surface area contributed by atoms with Crippen LogP contribution < -0.4 is 0 Å². The molecule has 0 N–H and O–H groups in total. The van der Waals surface area contributed by atoms with Crippen molar-refractivity contribution in [3.63, 3.8) is 0 Å². The van der Waals surface area contributed by atoms with E-state index in [0.717, 1.165) is 33.8 Å². The molecule has 0 spiro atoms. The van der Waals surface area contributed by atoms with Gasteiger partial charge in [-0.2, -0.15) is 0 Å². The fraction of sp³-hybridized carbons (Fsp3) is 0.0392. The van der Waals surface area contributed by atoms with Gasteiger partial charge in [-0.1, -0.05) is 115 Å².